The molecule has 2 aromatic rings. The van der Waals surface area contributed by atoms with Crippen molar-refractivity contribution in [1.82, 2.24) is 20.0 Å². The Kier molecular flexibility index (Phi) is 5.97. The Labute approximate surface area is 205 Å². The van der Waals surface area contributed by atoms with Crippen molar-refractivity contribution in [3.8, 4) is 0 Å². The second-order valence-electron chi connectivity index (χ2n) is 11.3. The van der Waals surface area contributed by atoms with Crippen LogP contribution in [0, 0.1) is 11.8 Å². The number of para-hydroxylation sites is 1. The van der Waals surface area contributed by atoms with Crippen LogP contribution in [0.5, 0.6) is 0 Å². The van der Waals surface area contributed by atoms with Crippen LogP contribution in [-0.4, -0.2) is 57.3 Å². The first-order valence-electron chi connectivity index (χ1n) is 12.6. The van der Waals surface area contributed by atoms with Crippen molar-refractivity contribution in [1.29, 1.82) is 0 Å². The van der Waals surface area contributed by atoms with Crippen LogP contribution in [0.1, 0.15) is 64.5 Å². The lowest BCUT2D eigenvalue weighted by atomic mass is 9.79. The number of aromatic nitrogens is 2. The summed E-state index contributed by atoms with van der Waals surface area (Å²) in [5, 5.41) is 11.8. The van der Waals surface area contributed by atoms with Gasteiger partial charge >= 0.3 is 6.09 Å². The van der Waals surface area contributed by atoms with Gasteiger partial charge in [-0.05, 0) is 64.4 Å². The maximum absolute atomic E-state index is 12.6. The number of carbonyl (C=O) groups is 3. The minimum Gasteiger partial charge on any atom is -0.444 e. The molecule has 2 saturated heterocycles. The van der Waals surface area contributed by atoms with E-state index in [9.17, 15) is 14.4 Å². The van der Waals surface area contributed by atoms with E-state index < -0.39 is 11.5 Å². The average molecular weight is 482 g/mol. The van der Waals surface area contributed by atoms with E-state index in [0.717, 1.165) is 54.6 Å². The van der Waals surface area contributed by atoms with E-state index in [1.165, 1.54) is 0 Å². The minimum absolute atomic E-state index is 0.211. The Morgan fingerprint density at radius 3 is 2.66 bits per heavy atom. The first kappa shape index (κ1) is 23.6. The molecule has 2 aliphatic heterocycles. The van der Waals surface area contributed by atoms with E-state index in [1.54, 1.807) is 0 Å². The fourth-order valence-electron chi connectivity index (χ4n) is 5.95. The molecule has 2 N–H and O–H groups in total. The Balaban J connectivity index is 1.30. The third-order valence-corrected chi connectivity index (χ3v) is 7.52. The van der Waals surface area contributed by atoms with Gasteiger partial charge in [-0.15, -0.1) is 0 Å². The Bertz CT molecular complexity index is 1170. The predicted octanol–water partition coefficient (Wildman–Crippen LogP) is 3.54. The molecule has 1 aliphatic carbocycles. The van der Waals surface area contributed by atoms with E-state index in [2.05, 4.69) is 16.7 Å². The van der Waals surface area contributed by atoms with Gasteiger partial charge in [-0.25, -0.2) is 4.79 Å². The zero-order valence-corrected chi connectivity index (χ0v) is 21.0. The highest BCUT2D eigenvalue weighted by Crippen LogP contribution is 2.39. The number of piperidine rings is 1. The zero-order valence-electron chi connectivity index (χ0n) is 21.0. The quantitative estimate of drug-likeness (QED) is 0.650. The molecule has 5 rings (SSSR count). The first-order chi connectivity index (χ1) is 16.6. The summed E-state index contributed by atoms with van der Waals surface area (Å²) >= 11 is 0. The predicted molar refractivity (Wildman–Crippen MR) is 132 cm³/mol. The number of ether oxygens (including phenoxy) is 1. The van der Waals surface area contributed by atoms with E-state index in [4.69, 9.17) is 9.84 Å². The van der Waals surface area contributed by atoms with Crippen LogP contribution in [0.2, 0.25) is 0 Å². The largest absolute Gasteiger partial charge is 0.444 e. The summed E-state index contributed by atoms with van der Waals surface area (Å²) in [5.41, 5.74) is 2.21. The number of aryl methyl sites for hydroxylation is 1. The van der Waals surface area contributed by atoms with Crippen molar-refractivity contribution in [2.45, 2.75) is 70.4 Å². The van der Waals surface area contributed by atoms with Gasteiger partial charge in [0.2, 0.25) is 11.8 Å². The Morgan fingerprint density at radius 1 is 1.14 bits per heavy atom. The molecule has 9 nitrogen and oxygen atoms in total. The highest BCUT2D eigenvalue weighted by Gasteiger charge is 2.41. The van der Waals surface area contributed by atoms with Crippen molar-refractivity contribution in [3.05, 3.63) is 23.9 Å². The van der Waals surface area contributed by atoms with Gasteiger partial charge in [0.25, 0.3) is 0 Å². The molecule has 1 saturated carbocycles. The maximum atomic E-state index is 12.6. The number of amides is 3. The van der Waals surface area contributed by atoms with Gasteiger partial charge in [0, 0.05) is 38.0 Å². The molecular weight excluding hydrogens is 446 g/mol. The monoisotopic (exact) mass is 481 g/mol. The van der Waals surface area contributed by atoms with Crippen molar-refractivity contribution >= 4 is 34.5 Å². The molecule has 0 radical (unpaired) electrons. The summed E-state index contributed by atoms with van der Waals surface area (Å²) in [6.07, 6.45) is 3.71. The fourth-order valence-corrected chi connectivity index (χ4v) is 5.95. The van der Waals surface area contributed by atoms with Crippen molar-refractivity contribution < 1.29 is 19.1 Å². The number of hydrogen-bond donors (Lipinski definition) is 2. The molecule has 188 valence electrons. The molecule has 4 unspecified atom stereocenters. The van der Waals surface area contributed by atoms with Gasteiger partial charge in [0.1, 0.15) is 5.60 Å². The molecule has 1 aromatic carbocycles. The number of carbonyl (C=O) groups excluding carboxylic acids is 3. The molecule has 3 fully saturated rings. The molecule has 0 bridgehead atoms. The number of likely N-dealkylation sites (tertiary alicyclic amines) is 1. The molecule has 0 spiro atoms. The zero-order chi connectivity index (χ0) is 24.9. The summed E-state index contributed by atoms with van der Waals surface area (Å²) < 4.78 is 7.43. The highest BCUT2D eigenvalue weighted by molar-refractivity contribution is 6.03. The SMILES string of the molecule is Cn1nc(C2CCC(=O)NC2=O)c2cccc(NC3CCC4CN(C(=O)OC(C)(C)C)CC4C3)c21. The second-order valence-corrected chi connectivity index (χ2v) is 11.3. The van der Waals surface area contributed by atoms with Crippen LogP contribution < -0.4 is 10.6 Å². The fraction of sp³-hybridized carbons (Fsp3) is 0.615. The van der Waals surface area contributed by atoms with Crippen LogP contribution in [-0.2, 0) is 21.4 Å². The van der Waals surface area contributed by atoms with Gasteiger partial charge in [-0.1, -0.05) is 12.1 Å². The van der Waals surface area contributed by atoms with Crippen LogP contribution >= 0.6 is 0 Å². The lowest BCUT2D eigenvalue weighted by Gasteiger charge is -2.32. The molecule has 3 heterocycles. The third-order valence-electron chi connectivity index (χ3n) is 7.52. The van der Waals surface area contributed by atoms with Crippen LogP contribution in [0.3, 0.4) is 0 Å². The second kappa shape index (κ2) is 8.84. The number of nitrogens with one attached hydrogen (secondary N) is 2. The molecule has 1 aromatic heterocycles. The lowest BCUT2D eigenvalue weighted by Crippen LogP contribution is -2.39. The van der Waals surface area contributed by atoms with Crippen LogP contribution in [0.4, 0.5) is 10.5 Å². The maximum Gasteiger partial charge on any atom is 0.410 e. The average Bonchev–Trinajstić information content (AvgIpc) is 3.34. The van der Waals surface area contributed by atoms with E-state index in [-0.39, 0.29) is 17.9 Å². The summed E-state index contributed by atoms with van der Waals surface area (Å²) in [7, 11) is 1.90. The Morgan fingerprint density at radius 2 is 1.91 bits per heavy atom. The lowest BCUT2D eigenvalue weighted by molar-refractivity contribution is -0.134. The molecule has 4 atom stereocenters. The molecule has 9 heteroatoms. The van der Waals surface area contributed by atoms with Crippen molar-refractivity contribution in [2.24, 2.45) is 18.9 Å². The van der Waals surface area contributed by atoms with E-state index in [1.807, 2.05) is 49.5 Å². The molecule has 3 aliphatic rings. The summed E-state index contributed by atoms with van der Waals surface area (Å²) in [4.78, 5) is 38.5. The number of imide groups is 1. The van der Waals surface area contributed by atoms with Crippen LogP contribution in [0.15, 0.2) is 18.2 Å². The highest BCUT2D eigenvalue weighted by atomic mass is 16.6. The topological polar surface area (TPSA) is 106 Å². The molecule has 35 heavy (non-hydrogen) atoms. The van der Waals surface area contributed by atoms with E-state index in [0.29, 0.717) is 30.7 Å². The van der Waals surface area contributed by atoms with Gasteiger partial charge in [0.05, 0.1) is 22.8 Å². The number of anilines is 1. The van der Waals surface area contributed by atoms with Gasteiger partial charge in [0.15, 0.2) is 0 Å². The van der Waals surface area contributed by atoms with E-state index >= 15 is 0 Å². The van der Waals surface area contributed by atoms with Gasteiger partial charge in [-0.2, -0.15) is 5.10 Å². The van der Waals surface area contributed by atoms with Gasteiger partial charge < -0.3 is 15.0 Å². The van der Waals surface area contributed by atoms with Crippen LogP contribution in [0.25, 0.3) is 10.9 Å². The van der Waals surface area contributed by atoms with Gasteiger partial charge in [-0.3, -0.25) is 19.6 Å². The number of rotatable bonds is 3. The van der Waals surface area contributed by atoms with Crippen molar-refractivity contribution in [3.63, 3.8) is 0 Å². The normalized spacial score (nSPS) is 27.0. The number of benzene rings is 1. The third kappa shape index (κ3) is 4.73. The number of fused-ring (bicyclic) bond motifs is 2. The molecule has 3 amide bonds. The molecular formula is C26H35N5O4. The first-order valence-corrected chi connectivity index (χ1v) is 12.6. The Hall–Kier alpha value is -3.10. The summed E-state index contributed by atoms with van der Waals surface area (Å²) in [5.74, 6) is 0.0699. The summed E-state index contributed by atoms with van der Waals surface area (Å²) in [6.45, 7) is 7.22. The van der Waals surface area contributed by atoms with Crippen molar-refractivity contribution in [2.75, 3.05) is 18.4 Å². The standard InChI is InChI=1S/C26H35N5O4/c1-26(2,3)35-25(34)31-13-15-8-9-17(12-16(15)14-31)27-20-7-5-6-18-22(29-30(4)23(18)20)19-10-11-21(32)28-24(19)33/h5-7,15-17,19,27H,8-14H2,1-4H3,(H,28,32,33). The minimum atomic E-state index is -0.483. The number of nitrogens with zero attached hydrogens (tertiary/aromatic N) is 3. The smallest absolute Gasteiger partial charge is 0.410 e. The number of hydrogen-bond acceptors (Lipinski definition) is 6. The summed E-state index contributed by atoms with van der Waals surface area (Å²) in [6, 6.07) is 6.35.